The van der Waals surface area contributed by atoms with Crippen molar-refractivity contribution >= 4 is 12.1 Å². The van der Waals surface area contributed by atoms with Gasteiger partial charge in [0.05, 0.1) is 5.56 Å². The molecule has 8 heteroatoms. The minimum Gasteiger partial charge on any atom is -0.451 e. The van der Waals surface area contributed by atoms with Crippen LogP contribution in [-0.4, -0.2) is 6.41 Å². The van der Waals surface area contributed by atoms with Gasteiger partial charge in [-0.2, -0.15) is 13.2 Å². The Kier molecular flexibility index (Phi) is 4.30. The van der Waals surface area contributed by atoms with Crippen LogP contribution in [0.4, 0.5) is 27.6 Å². The monoisotopic (exact) mass is 317 g/mol. The molecule has 2 aromatic carbocycles. The predicted molar refractivity (Wildman–Crippen MR) is 67.6 cm³/mol. The zero-order chi connectivity index (χ0) is 16.3. The lowest BCUT2D eigenvalue weighted by Crippen LogP contribution is -2.07. The third kappa shape index (κ3) is 3.51. The number of hydrogen-bond donors (Lipinski definition) is 1. The summed E-state index contributed by atoms with van der Waals surface area (Å²) in [6.07, 6.45) is -4.42. The first-order valence-corrected chi connectivity index (χ1v) is 5.85. The molecule has 0 aliphatic heterocycles. The molecule has 116 valence electrons. The van der Waals surface area contributed by atoms with E-state index in [0.29, 0.717) is 12.1 Å². The molecule has 0 aromatic heterocycles. The fourth-order valence-corrected chi connectivity index (χ4v) is 1.63. The average Bonchev–Trinajstić information content (AvgIpc) is 2.43. The van der Waals surface area contributed by atoms with Gasteiger partial charge in [0.1, 0.15) is 5.75 Å². The number of hydrogen-bond acceptors (Lipinski definition) is 2. The topological polar surface area (TPSA) is 38.3 Å². The number of rotatable bonds is 4. The molecule has 22 heavy (non-hydrogen) atoms. The molecule has 0 fully saturated rings. The first-order valence-electron chi connectivity index (χ1n) is 5.85. The number of benzene rings is 2. The van der Waals surface area contributed by atoms with Crippen LogP contribution in [-0.2, 0) is 11.0 Å². The highest BCUT2D eigenvalue weighted by Gasteiger charge is 2.33. The Morgan fingerprint density at radius 1 is 1.00 bits per heavy atom. The Labute approximate surface area is 121 Å². The van der Waals surface area contributed by atoms with Gasteiger partial charge in [0.25, 0.3) is 0 Å². The lowest BCUT2D eigenvalue weighted by molar-refractivity contribution is -0.138. The van der Waals surface area contributed by atoms with Crippen LogP contribution in [0.5, 0.6) is 11.5 Å². The summed E-state index contributed by atoms with van der Waals surface area (Å²) in [5, 5.41) is 2.34. The Balaban J connectivity index is 2.28. The standard InChI is InChI=1S/C14H8F5NO2/c15-11-5-8(14(17,18)19)6-12(16)13(11)22-10-3-1-9(2-4-10)20-7-21/h1-7H,(H,20,21). The highest BCUT2D eigenvalue weighted by atomic mass is 19.4. The fraction of sp³-hybridized carbons (Fsp3) is 0.0714. The third-order valence-electron chi connectivity index (χ3n) is 2.63. The van der Waals surface area contributed by atoms with Crippen molar-refractivity contribution in [2.75, 3.05) is 5.32 Å². The third-order valence-corrected chi connectivity index (χ3v) is 2.63. The van der Waals surface area contributed by atoms with Gasteiger partial charge < -0.3 is 10.1 Å². The summed E-state index contributed by atoms with van der Waals surface area (Å²) >= 11 is 0. The van der Waals surface area contributed by atoms with E-state index in [1.54, 1.807) is 0 Å². The number of alkyl halides is 3. The Bertz CT molecular complexity index is 660. The highest BCUT2D eigenvalue weighted by Crippen LogP contribution is 2.35. The first kappa shape index (κ1) is 15.7. The van der Waals surface area contributed by atoms with Gasteiger partial charge in [-0.25, -0.2) is 8.78 Å². The molecular weight excluding hydrogens is 309 g/mol. The molecule has 0 atom stereocenters. The van der Waals surface area contributed by atoms with Gasteiger partial charge in [-0.3, -0.25) is 4.79 Å². The van der Waals surface area contributed by atoms with Crippen LogP contribution in [0.25, 0.3) is 0 Å². The molecular formula is C14H8F5NO2. The largest absolute Gasteiger partial charge is 0.451 e. The van der Waals surface area contributed by atoms with Gasteiger partial charge in [-0.1, -0.05) is 0 Å². The zero-order valence-corrected chi connectivity index (χ0v) is 10.7. The van der Waals surface area contributed by atoms with Crippen LogP contribution in [0, 0.1) is 11.6 Å². The second kappa shape index (κ2) is 6.00. The summed E-state index contributed by atoms with van der Waals surface area (Å²) in [7, 11) is 0. The highest BCUT2D eigenvalue weighted by molar-refractivity contribution is 5.71. The molecule has 2 rings (SSSR count). The van der Waals surface area contributed by atoms with Crippen molar-refractivity contribution in [3.63, 3.8) is 0 Å². The van der Waals surface area contributed by atoms with Crippen molar-refractivity contribution in [2.45, 2.75) is 6.18 Å². The number of ether oxygens (including phenoxy) is 1. The van der Waals surface area contributed by atoms with Gasteiger partial charge in [0.2, 0.25) is 6.41 Å². The van der Waals surface area contributed by atoms with Gasteiger partial charge in [0.15, 0.2) is 17.4 Å². The maximum atomic E-state index is 13.6. The van der Waals surface area contributed by atoms with Gasteiger partial charge in [-0.05, 0) is 36.4 Å². The van der Waals surface area contributed by atoms with Gasteiger partial charge >= 0.3 is 6.18 Å². The SMILES string of the molecule is O=CNc1ccc(Oc2c(F)cc(C(F)(F)F)cc2F)cc1. The van der Waals surface area contributed by atoms with E-state index in [4.69, 9.17) is 4.74 Å². The fourth-order valence-electron chi connectivity index (χ4n) is 1.63. The van der Waals surface area contributed by atoms with Gasteiger partial charge in [-0.15, -0.1) is 0 Å². The van der Waals surface area contributed by atoms with E-state index in [2.05, 4.69) is 5.32 Å². The van der Waals surface area contributed by atoms with E-state index in [0.717, 1.165) is 0 Å². The Hall–Kier alpha value is -2.64. The molecule has 0 bridgehead atoms. The molecule has 1 N–H and O–H groups in total. The summed E-state index contributed by atoms with van der Waals surface area (Å²) in [5.74, 6) is -3.89. The Morgan fingerprint density at radius 2 is 1.55 bits per heavy atom. The van der Waals surface area contributed by atoms with Crippen molar-refractivity contribution in [1.82, 2.24) is 0 Å². The molecule has 2 aromatic rings. The van der Waals surface area contributed by atoms with Crippen molar-refractivity contribution in [2.24, 2.45) is 0 Å². The van der Waals surface area contributed by atoms with E-state index in [1.165, 1.54) is 24.3 Å². The van der Waals surface area contributed by atoms with Crippen LogP contribution in [0.2, 0.25) is 0 Å². The molecule has 0 spiro atoms. The predicted octanol–water partition coefficient (Wildman–Crippen LogP) is 4.34. The van der Waals surface area contributed by atoms with Crippen LogP contribution >= 0.6 is 0 Å². The maximum absolute atomic E-state index is 13.6. The second-order valence-electron chi connectivity index (χ2n) is 4.16. The smallest absolute Gasteiger partial charge is 0.416 e. The van der Waals surface area contributed by atoms with Crippen molar-refractivity contribution < 1.29 is 31.5 Å². The summed E-state index contributed by atoms with van der Waals surface area (Å²) in [6, 6.07) is 5.68. The van der Waals surface area contributed by atoms with Crippen LogP contribution < -0.4 is 10.1 Å². The van der Waals surface area contributed by atoms with E-state index >= 15 is 0 Å². The lowest BCUT2D eigenvalue weighted by Gasteiger charge is -2.12. The number of halogens is 5. The molecule has 0 saturated heterocycles. The molecule has 0 aliphatic rings. The number of carbonyl (C=O) groups is 1. The molecule has 1 amide bonds. The van der Waals surface area contributed by atoms with Crippen molar-refractivity contribution in [3.05, 3.63) is 53.6 Å². The zero-order valence-electron chi connectivity index (χ0n) is 10.7. The Morgan fingerprint density at radius 3 is 2.00 bits per heavy atom. The number of anilines is 1. The molecule has 0 radical (unpaired) electrons. The molecule has 0 aliphatic carbocycles. The molecule has 0 unspecified atom stereocenters. The molecule has 0 heterocycles. The maximum Gasteiger partial charge on any atom is 0.416 e. The number of nitrogens with one attached hydrogen (secondary N) is 1. The number of carbonyl (C=O) groups excluding carboxylic acids is 1. The van der Waals surface area contributed by atoms with Crippen LogP contribution in [0.15, 0.2) is 36.4 Å². The normalized spacial score (nSPS) is 11.1. The minimum absolute atomic E-state index is 0.00555. The van der Waals surface area contributed by atoms with Crippen molar-refractivity contribution in [1.29, 1.82) is 0 Å². The van der Waals surface area contributed by atoms with Crippen LogP contribution in [0.3, 0.4) is 0 Å². The summed E-state index contributed by atoms with van der Waals surface area (Å²) in [5.41, 5.74) is -1.03. The summed E-state index contributed by atoms with van der Waals surface area (Å²) in [4.78, 5) is 10.2. The first-order chi connectivity index (χ1) is 10.3. The van der Waals surface area contributed by atoms with Crippen molar-refractivity contribution in [3.8, 4) is 11.5 Å². The molecule has 3 nitrogen and oxygen atoms in total. The molecule has 0 saturated carbocycles. The summed E-state index contributed by atoms with van der Waals surface area (Å²) in [6.45, 7) is 0. The summed E-state index contributed by atoms with van der Waals surface area (Å²) < 4.78 is 69.4. The van der Waals surface area contributed by atoms with E-state index in [-0.39, 0.29) is 17.9 Å². The minimum atomic E-state index is -4.86. The van der Waals surface area contributed by atoms with E-state index in [9.17, 15) is 26.7 Å². The quantitative estimate of drug-likeness (QED) is 0.673. The van der Waals surface area contributed by atoms with Crippen LogP contribution in [0.1, 0.15) is 5.56 Å². The average molecular weight is 317 g/mol. The second-order valence-corrected chi connectivity index (χ2v) is 4.16. The number of amides is 1. The van der Waals surface area contributed by atoms with Gasteiger partial charge in [0, 0.05) is 5.69 Å². The van der Waals surface area contributed by atoms with E-state index in [1.807, 2.05) is 0 Å². The van der Waals surface area contributed by atoms with E-state index < -0.39 is 29.1 Å². The lowest BCUT2D eigenvalue weighted by atomic mass is 10.2.